The Morgan fingerprint density at radius 3 is 2.55 bits per heavy atom. The van der Waals surface area contributed by atoms with E-state index in [0.717, 1.165) is 16.6 Å². The molecule has 3 heterocycles. The van der Waals surface area contributed by atoms with Crippen LogP contribution in [0.4, 0.5) is 5.69 Å². The van der Waals surface area contributed by atoms with Crippen molar-refractivity contribution >= 4 is 39.4 Å². The number of anilines is 1. The molecular weight excluding hydrogens is 480 g/mol. The number of aromatic nitrogens is 1. The number of nitrogens with zero attached hydrogens (tertiary/aromatic N) is 1. The van der Waals surface area contributed by atoms with E-state index in [0.29, 0.717) is 45.8 Å². The molecule has 1 amide bonds. The van der Waals surface area contributed by atoms with Gasteiger partial charge >= 0.3 is 0 Å². The summed E-state index contributed by atoms with van der Waals surface area (Å²) in [5.41, 5.74) is 5.23. The van der Waals surface area contributed by atoms with E-state index < -0.39 is 0 Å². The molecule has 38 heavy (non-hydrogen) atoms. The monoisotopic (exact) mass is 504 g/mol. The second-order valence-corrected chi connectivity index (χ2v) is 9.09. The van der Waals surface area contributed by atoms with Crippen molar-refractivity contribution in [1.82, 2.24) is 4.57 Å². The lowest BCUT2D eigenvalue weighted by Crippen LogP contribution is -2.19. The molecule has 0 bridgehead atoms. The van der Waals surface area contributed by atoms with Gasteiger partial charge in [0.2, 0.25) is 5.78 Å². The number of ether oxygens (including phenoxy) is 1. The molecule has 188 valence electrons. The Bertz CT molecular complexity index is 1800. The quantitative estimate of drug-likeness (QED) is 0.241. The topological polar surface area (TPSA) is 86.6 Å². The van der Waals surface area contributed by atoms with Crippen LogP contribution in [0.15, 0.2) is 100 Å². The third kappa shape index (κ3) is 4.14. The zero-order chi connectivity index (χ0) is 26.2. The Morgan fingerprint density at radius 1 is 0.921 bits per heavy atom. The fourth-order valence-corrected chi connectivity index (χ4v) is 4.61. The molecule has 0 saturated heterocycles. The number of ketones is 1. The highest BCUT2D eigenvalue weighted by molar-refractivity contribution is 6.19. The molecular formula is C31H24N2O5. The zero-order valence-corrected chi connectivity index (χ0v) is 20.9. The minimum absolute atomic E-state index is 0.0492. The molecule has 0 unspecified atom stereocenters. The second kappa shape index (κ2) is 9.44. The third-order valence-corrected chi connectivity index (χ3v) is 6.59. The van der Waals surface area contributed by atoms with E-state index in [-0.39, 0.29) is 17.5 Å². The first kappa shape index (κ1) is 23.4. The van der Waals surface area contributed by atoms with E-state index in [1.54, 1.807) is 49.8 Å². The van der Waals surface area contributed by atoms with E-state index >= 15 is 0 Å². The van der Waals surface area contributed by atoms with Gasteiger partial charge in [0.15, 0.2) is 11.3 Å². The molecule has 7 heteroatoms. The van der Waals surface area contributed by atoms with E-state index in [1.807, 2.05) is 60.0 Å². The maximum Gasteiger partial charge on any atom is 0.272 e. The van der Waals surface area contributed by atoms with E-state index in [9.17, 15) is 9.59 Å². The average Bonchev–Trinajstić information content (AvgIpc) is 3.64. The molecule has 6 rings (SSSR count). The Morgan fingerprint density at radius 2 is 1.74 bits per heavy atom. The van der Waals surface area contributed by atoms with Gasteiger partial charge in [-0.15, -0.1) is 0 Å². The standard InChI is InChI=1S/C31H24N2O5/c1-19-10-12-20(13-11-19)18-33-24-14-15-37-27(24)17-25(33)31(35)32-28-23-8-3-4-9-26(23)38-30(28)29(34)21-6-5-7-22(16-21)36-2/h3-17H,18H2,1-2H3,(H,32,35). The van der Waals surface area contributed by atoms with Crippen LogP contribution in [0, 0.1) is 6.92 Å². The lowest BCUT2D eigenvalue weighted by atomic mass is 10.1. The van der Waals surface area contributed by atoms with Crippen LogP contribution in [0.1, 0.15) is 37.7 Å². The first-order valence-electron chi connectivity index (χ1n) is 12.2. The predicted molar refractivity (Wildman–Crippen MR) is 145 cm³/mol. The van der Waals surface area contributed by atoms with Crippen LogP contribution >= 0.6 is 0 Å². The van der Waals surface area contributed by atoms with Crippen molar-refractivity contribution in [2.75, 3.05) is 12.4 Å². The number of benzene rings is 3. The molecule has 0 radical (unpaired) electrons. The Labute approximate surface area is 218 Å². The Kier molecular flexibility index (Phi) is 5.81. The number of carbonyl (C=O) groups excluding carboxylic acids is 2. The third-order valence-electron chi connectivity index (χ3n) is 6.59. The maximum absolute atomic E-state index is 13.8. The normalized spacial score (nSPS) is 11.2. The van der Waals surface area contributed by atoms with Crippen LogP contribution in [0.25, 0.3) is 22.1 Å². The second-order valence-electron chi connectivity index (χ2n) is 9.09. The number of furan rings is 2. The van der Waals surface area contributed by atoms with Crippen LogP contribution in [0.3, 0.4) is 0 Å². The molecule has 3 aromatic carbocycles. The van der Waals surface area contributed by atoms with Gasteiger partial charge in [0.25, 0.3) is 5.91 Å². The highest BCUT2D eigenvalue weighted by Crippen LogP contribution is 2.34. The fraction of sp³-hybridized carbons (Fsp3) is 0.0968. The van der Waals surface area contributed by atoms with Crippen molar-refractivity contribution in [2.45, 2.75) is 13.5 Å². The van der Waals surface area contributed by atoms with Gasteiger partial charge in [0.1, 0.15) is 17.0 Å². The number of amides is 1. The lowest BCUT2D eigenvalue weighted by Gasteiger charge is -2.11. The summed E-state index contributed by atoms with van der Waals surface area (Å²) in [6, 6.07) is 25.8. The van der Waals surface area contributed by atoms with Crippen molar-refractivity contribution in [3.8, 4) is 5.75 Å². The molecule has 0 spiro atoms. The lowest BCUT2D eigenvalue weighted by molar-refractivity contribution is 0.101. The average molecular weight is 505 g/mol. The van der Waals surface area contributed by atoms with Crippen molar-refractivity contribution in [1.29, 1.82) is 0 Å². The minimum Gasteiger partial charge on any atom is -0.497 e. The van der Waals surface area contributed by atoms with Crippen molar-refractivity contribution in [2.24, 2.45) is 0 Å². The van der Waals surface area contributed by atoms with Crippen LogP contribution in [-0.4, -0.2) is 23.4 Å². The van der Waals surface area contributed by atoms with Gasteiger partial charge in [0.05, 0.1) is 24.6 Å². The summed E-state index contributed by atoms with van der Waals surface area (Å²) >= 11 is 0. The maximum atomic E-state index is 13.8. The van der Waals surface area contributed by atoms with Crippen LogP contribution in [0.5, 0.6) is 5.75 Å². The van der Waals surface area contributed by atoms with Gasteiger partial charge < -0.3 is 23.5 Å². The summed E-state index contributed by atoms with van der Waals surface area (Å²) in [6.45, 7) is 2.51. The molecule has 1 N–H and O–H groups in total. The summed E-state index contributed by atoms with van der Waals surface area (Å²) in [7, 11) is 1.54. The first-order chi connectivity index (χ1) is 18.5. The molecule has 0 aliphatic carbocycles. The van der Waals surface area contributed by atoms with Gasteiger partial charge in [-0.2, -0.15) is 0 Å². The van der Waals surface area contributed by atoms with E-state index in [2.05, 4.69) is 5.32 Å². The van der Waals surface area contributed by atoms with Gasteiger partial charge in [-0.05, 0) is 36.8 Å². The smallest absolute Gasteiger partial charge is 0.272 e. The largest absolute Gasteiger partial charge is 0.497 e. The van der Waals surface area contributed by atoms with Crippen molar-refractivity contribution in [3.05, 3.63) is 119 Å². The van der Waals surface area contributed by atoms with Gasteiger partial charge in [-0.1, -0.05) is 54.1 Å². The number of fused-ring (bicyclic) bond motifs is 2. The van der Waals surface area contributed by atoms with Gasteiger partial charge in [-0.25, -0.2) is 0 Å². The summed E-state index contributed by atoms with van der Waals surface area (Å²) < 4.78 is 18.8. The molecule has 7 nitrogen and oxygen atoms in total. The number of aryl methyl sites for hydroxylation is 1. The highest BCUT2D eigenvalue weighted by Gasteiger charge is 2.26. The van der Waals surface area contributed by atoms with Crippen LogP contribution < -0.4 is 10.1 Å². The summed E-state index contributed by atoms with van der Waals surface area (Å²) in [6.07, 6.45) is 1.60. The van der Waals surface area contributed by atoms with Crippen LogP contribution in [-0.2, 0) is 6.54 Å². The summed E-state index contributed by atoms with van der Waals surface area (Å²) in [4.78, 5) is 27.3. The molecule has 0 saturated carbocycles. The van der Waals surface area contributed by atoms with E-state index in [1.165, 1.54) is 0 Å². The zero-order valence-electron chi connectivity index (χ0n) is 20.9. The first-order valence-corrected chi connectivity index (χ1v) is 12.2. The number of nitrogens with one attached hydrogen (secondary N) is 1. The molecule has 0 aliphatic rings. The van der Waals surface area contributed by atoms with Crippen LogP contribution in [0.2, 0.25) is 0 Å². The number of hydrogen-bond donors (Lipinski definition) is 1. The van der Waals surface area contributed by atoms with Crippen molar-refractivity contribution < 1.29 is 23.2 Å². The number of para-hydroxylation sites is 1. The molecule has 0 fully saturated rings. The predicted octanol–water partition coefficient (Wildman–Crippen LogP) is 6.83. The molecule has 0 aliphatic heterocycles. The fourth-order valence-electron chi connectivity index (χ4n) is 4.61. The number of carbonyl (C=O) groups is 2. The Hall–Kier alpha value is -5.04. The van der Waals surface area contributed by atoms with Gasteiger partial charge in [0, 0.05) is 29.6 Å². The number of rotatable bonds is 7. The number of methoxy groups -OCH3 is 1. The summed E-state index contributed by atoms with van der Waals surface area (Å²) in [5.74, 6) is -0.142. The SMILES string of the molecule is COc1cccc(C(=O)c2oc3ccccc3c2NC(=O)c2cc3occc3n2Cc2ccc(C)cc2)c1. The molecule has 3 aromatic heterocycles. The Balaban J connectivity index is 1.41. The summed E-state index contributed by atoms with van der Waals surface area (Å²) in [5, 5.41) is 3.60. The molecule has 6 aromatic rings. The minimum atomic E-state index is -0.380. The van der Waals surface area contributed by atoms with Gasteiger partial charge in [-0.3, -0.25) is 9.59 Å². The molecule has 0 atom stereocenters. The number of hydrogen-bond acceptors (Lipinski definition) is 5. The highest BCUT2D eigenvalue weighted by atomic mass is 16.5. The van der Waals surface area contributed by atoms with E-state index in [4.69, 9.17) is 13.6 Å². The van der Waals surface area contributed by atoms with Crippen molar-refractivity contribution in [3.63, 3.8) is 0 Å².